The first-order valence-corrected chi connectivity index (χ1v) is 9.39. The summed E-state index contributed by atoms with van der Waals surface area (Å²) in [6.45, 7) is 1.72. The molecule has 2 aromatic rings. The molecule has 1 amide bonds. The molecule has 10 heteroatoms. The predicted octanol–water partition coefficient (Wildman–Crippen LogP) is 4.07. The van der Waals surface area contributed by atoms with Crippen LogP contribution in [0.25, 0.3) is 0 Å². The summed E-state index contributed by atoms with van der Waals surface area (Å²) in [6.07, 6.45) is -2.42. The van der Waals surface area contributed by atoms with Gasteiger partial charge in [0, 0.05) is 31.3 Å². The van der Waals surface area contributed by atoms with Crippen molar-refractivity contribution in [3.63, 3.8) is 0 Å². The first kappa shape index (κ1) is 21.4. The number of carbonyl (C=O) groups excluding carboxylic acids is 1. The molecule has 1 aliphatic rings. The van der Waals surface area contributed by atoms with Crippen molar-refractivity contribution in [2.45, 2.75) is 25.6 Å². The van der Waals surface area contributed by atoms with Gasteiger partial charge in [0.2, 0.25) is 0 Å². The van der Waals surface area contributed by atoms with Gasteiger partial charge in [-0.2, -0.15) is 0 Å². The van der Waals surface area contributed by atoms with E-state index < -0.39 is 17.2 Å². The zero-order valence-corrected chi connectivity index (χ0v) is 15.9. The number of amides is 1. The molecule has 1 aliphatic heterocycles. The Morgan fingerprint density at radius 2 is 1.80 bits per heavy atom. The first-order chi connectivity index (χ1) is 14.2. The minimum absolute atomic E-state index is 0.107. The van der Waals surface area contributed by atoms with Crippen LogP contribution in [0.1, 0.15) is 28.8 Å². The number of nitro groups is 1. The lowest BCUT2D eigenvalue weighted by molar-refractivity contribution is -0.384. The van der Waals surface area contributed by atoms with E-state index in [2.05, 4.69) is 10.1 Å². The Morgan fingerprint density at radius 1 is 1.13 bits per heavy atom. The summed E-state index contributed by atoms with van der Waals surface area (Å²) >= 11 is 0. The average molecular weight is 423 g/mol. The van der Waals surface area contributed by atoms with E-state index in [9.17, 15) is 28.1 Å². The van der Waals surface area contributed by atoms with Gasteiger partial charge in [0.1, 0.15) is 11.4 Å². The SMILES string of the molecule is O=C(NCCc1ccc(OC(F)(F)F)cc1)c1ccc(N2CCCC2)c([N+](=O)[O-])c1. The zero-order valence-electron chi connectivity index (χ0n) is 15.9. The molecule has 0 aliphatic carbocycles. The third kappa shape index (κ3) is 5.62. The summed E-state index contributed by atoms with van der Waals surface area (Å²) in [5.74, 6) is -0.774. The molecule has 1 N–H and O–H groups in total. The second-order valence-electron chi connectivity index (χ2n) is 6.85. The fourth-order valence-corrected chi connectivity index (χ4v) is 3.32. The van der Waals surface area contributed by atoms with E-state index in [1.807, 2.05) is 4.90 Å². The molecule has 3 rings (SSSR count). The second-order valence-corrected chi connectivity index (χ2v) is 6.85. The third-order valence-electron chi connectivity index (χ3n) is 4.74. The van der Waals surface area contributed by atoms with Crippen LogP contribution in [-0.4, -0.2) is 36.8 Å². The van der Waals surface area contributed by atoms with Crippen LogP contribution in [0.2, 0.25) is 0 Å². The fourth-order valence-electron chi connectivity index (χ4n) is 3.32. The van der Waals surface area contributed by atoms with Crippen molar-refractivity contribution in [3.05, 3.63) is 63.7 Å². The highest BCUT2D eigenvalue weighted by Crippen LogP contribution is 2.31. The minimum atomic E-state index is -4.75. The lowest BCUT2D eigenvalue weighted by atomic mass is 10.1. The number of ether oxygens (including phenoxy) is 1. The summed E-state index contributed by atoms with van der Waals surface area (Å²) in [5, 5.41) is 14.1. The number of hydrogen-bond acceptors (Lipinski definition) is 5. The topological polar surface area (TPSA) is 84.7 Å². The number of nitrogens with zero attached hydrogens (tertiary/aromatic N) is 2. The van der Waals surface area contributed by atoms with E-state index in [1.165, 1.54) is 30.3 Å². The monoisotopic (exact) mass is 423 g/mol. The maximum absolute atomic E-state index is 12.4. The Bertz CT molecular complexity index is 911. The molecule has 0 unspecified atom stereocenters. The van der Waals surface area contributed by atoms with Crippen LogP contribution in [-0.2, 0) is 6.42 Å². The van der Waals surface area contributed by atoms with E-state index in [1.54, 1.807) is 12.1 Å². The number of benzene rings is 2. The minimum Gasteiger partial charge on any atom is -0.406 e. The van der Waals surface area contributed by atoms with Crippen LogP contribution < -0.4 is 15.0 Å². The molecule has 30 heavy (non-hydrogen) atoms. The highest BCUT2D eigenvalue weighted by atomic mass is 19.4. The van der Waals surface area contributed by atoms with Crippen molar-refractivity contribution < 1.29 is 27.6 Å². The molecule has 1 fully saturated rings. The van der Waals surface area contributed by atoms with E-state index in [0.29, 0.717) is 17.7 Å². The molecule has 7 nitrogen and oxygen atoms in total. The van der Waals surface area contributed by atoms with E-state index in [4.69, 9.17) is 0 Å². The lowest BCUT2D eigenvalue weighted by Crippen LogP contribution is -2.26. The molecule has 1 heterocycles. The third-order valence-corrected chi connectivity index (χ3v) is 4.74. The normalized spacial score (nSPS) is 13.9. The number of alkyl halides is 3. The van der Waals surface area contributed by atoms with Gasteiger partial charge in [0.25, 0.3) is 11.6 Å². The molecule has 0 saturated carbocycles. The average Bonchev–Trinajstić information content (AvgIpc) is 3.22. The smallest absolute Gasteiger partial charge is 0.406 e. The largest absolute Gasteiger partial charge is 0.573 e. The number of nitrogens with one attached hydrogen (secondary N) is 1. The number of carbonyl (C=O) groups is 1. The van der Waals surface area contributed by atoms with Crippen molar-refractivity contribution in [2.75, 3.05) is 24.5 Å². The van der Waals surface area contributed by atoms with Crippen molar-refractivity contribution >= 4 is 17.3 Å². The summed E-state index contributed by atoms with van der Waals surface area (Å²) < 4.78 is 40.3. The van der Waals surface area contributed by atoms with Crippen LogP contribution in [0.15, 0.2) is 42.5 Å². The van der Waals surface area contributed by atoms with Crippen LogP contribution in [0.3, 0.4) is 0 Å². The van der Waals surface area contributed by atoms with E-state index in [-0.39, 0.29) is 23.5 Å². The number of halogens is 3. The molecular formula is C20H20F3N3O4. The number of anilines is 1. The van der Waals surface area contributed by atoms with E-state index in [0.717, 1.165) is 25.9 Å². The number of nitro benzene ring substituents is 1. The quantitative estimate of drug-likeness (QED) is 0.536. The zero-order chi connectivity index (χ0) is 21.7. The number of rotatable bonds is 7. The highest BCUT2D eigenvalue weighted by Gasteiger charge is 2.31. The van der Waals surface area contributed by atoms with Gasteiger partial charge in [-0.15, -0.1) is 13.2 Å². The second kappa shape index (κ2) is 9.02. The van der Waals surface area contributed by atoms with Gasteiger partial charge in [-0.3, -0.25) is 14.9 Å². The Kier molecular flexibility index (Phi) is 6.43. The summed E-state index contributed by atoms with van der Waals surface area (Å²) in [5.41, 5.74) is 1.29. The Morgan fingerprint density at radius 3 is 2.40 bits per heavy atom. The molecule has 0 aromatic heterocycles. The van der Waals surface area contributed by atoms with Crippen molar-refractivity contribution in [1.82, 2.24) is 5.32 Å². The van der Waals surface area contributed by atoms with E-state index >= 15 is 0 Å². The first-order valence-electron chi connectivity index (χ1n) is 9.39. The van der Waals surface area contributed by atoms with Crippen LogP contribution >= 0.6 is 0 Å². The fraction of sp³-hybridized carbons (Fsp3) is 0.350. The van der Waals surface area contributed by atoms with Gasteiger partial charge in [0.15, 0.2) is 0 Å². The molecule has 0 spiro atoms. The number of hydrogen-bond donors (Lipinski definition) is 1. The summed E-state index contributed by atoms with van der Waals surface area (Å²) in [7, 11) is 0. The van der Waals surface area contributed by atoms with Gasteiger partial charge < -0.3 is 15.0 Å². The summed E-state index contributed by atoms with van der Waals surface area (Å²) in [6, 6.07) is 9.77. The van der Waals surface area contributed by atoms with Gasteiger partial charge in [-0.05, 0) is 49.1 Å². The van der Waals surface area contributed by atoms with Gasteiger partial charge >= 0.3 is 6.36 Å². The maximum Gasteiger partial charge on any atom is 0.573 e. The maximum atomic E-state index is 12.4. The van der Waals surface area contributed by atoms with Crippen LogP contribution in [0.4, 0.5) is 24.5 Å². The van der Waals surface area contributed by atoms with Gasteiger partial charge in [-0.1, -0.05) is 12.1 Å². The predicted molar refractivity (Wildman–Crippen MR) is 104 cm³/mol. The molecule has 160 valence electrons. The van der Waals surface area contributed by atoms with Crippen molar-refractivity contribution in [1.29, 1.82) is 0 Å². The highest BCUT2D eigenvalue weighted by molar-refractivity contribution is 5.95. The summed E-state index contributed by atoms with van der Waals surface area (Å²) in [4.78, 5) is 25.2. The van der Waals surface area contributed by atoms with Gasteiger partial charge in [-0.25, -0.2) is 0 Å². The molecule has 0 atom stereocenters. The Labute approximate surface area is 170 Å². The standard InChI is InChI=1S/C20H20F3N3O4/c21-20(22,23)30-16-6-3-14(4-7-16)9-10-24-19(27)15-5-8-17(18(13-15)26(28)29)25-11-1-2-12-25/h3-8,13H,1-2,9-12H2,(H,24,27). The van der Waals surface area contributed by atoms with Gasteiger partial charge in [0.05, 0.1) is 4.92 Å². The molecule has 0 radical (unpaired) electrons. The molecular weight excluding hydrogens is 403 g/mol. The van der Waals surface area contributed by atoms with Crippen LogP contribution in [0.5, 0.6) is 5.75 Å². The van der Waals surface area contributed by atoms with Crippen LogP contribution in [0, 0.1) is 10.1 Å². The van der Waals surface area contributed by atoms with Crippen molar-refractivity contribution in [2.24, 2.45) is 0 Å². The Hall–Kier alpha value is -3.30. The molecule has 0 bridgehead atoms. The van der Waals surface area contributed by atoms with Crippen molar-refractivity contribution in [3.8, 4) is 5.75 Å². The Balaban J connectivity index is 1.58. The molecule has 1 saturated heterocycles. The molecule has 2 aromatic carbocycles. The lowest BCUT2D eigenvalue weighted by Gasteiger charge is -2.17.